The van der Waals surface area contributed by atoms with Crippen LogP contribution >= 0.6 is 0 Å². The van der Waals surface area contributed by atoms with Crippen molar-refractivity contribution in [3.05, 3.63) is 53.3 Å². The van der Waals surface area contributed by atoms with Crippen LogP contribution in [-0.2, 0) is 21.0 Å². The smallest absolute Gasteiger partial charge is 0.416 e. The summed E-state index contributed by atoms with van der Waals surface area (Å²) in [4.78, 5) is 12.5. The lowest BCUT2D eigenvalue weighted by molar-refractivity contribution is -0.138. The third-order valence-electron chi connectivity index (χ3n) is 4.37. The van der Waals surface area contributed by atoms with Gasteiger partial charge in [0.2, 0.25) is 16.1 Å². The number of hydrogen-bond acceptors (Lipinski definition) is 5. The lowest BCUT2D eigenvalue weighted by Gasteiger charge is -2.27. The third-order valence-corrected chi connectivity index (χ3v) is 4.96. The van der Waals surface area contributed by atoms with Crippen LogP contribution in [0.2, 0.25) is 0 Å². The Hall–Kier alpha value is -3.02. The van der Waals surface area contributed by atoms with Gasteiger partial charge in [-0.1, -0.05) is 6.07 Å². The van der Waals surface area contributed by atoms with Gasteiger partial charge in [-0.15, -0.1) is 0 Å². The largest absolute Gasteiger partial charge is 0.485 e. The van der Waals surface area contributed by atoms with E-state index in [0.717, 1.165) is 30.5 Å². The molecule has 1 amide bonds. The van der Waals surface area contributed by atoms with Crippen LogP contribution in [0.1, 0.15) is 24.1 Å². The van der Waals surface area contributed by atoms with Crippen LogP contribution < -0.4 is 19.5 Å². The number of nitrogens with one attached hydrogen (secondary N) is 2. The van der Waals surface area contributed by atoms with E-state index in [-0.39, 0.29) is 23.8 Å². The number of anilines is 1. The van der Waals surface area contributed by atoms with Crippen molar-refractivity contribution in [3.8, 4) is 11.5 Å². The number of hydrogen-bond donors (Lipinski definition) is 2. The second-order valence-electron chi connectivity index (χ2n) is 6.92. The van der Waals surface area contributed by atoms with Gasteiger partial charge in [-0.3, -0.25) is 9.52 Å². The third kappa shape index (κ3) is 5.57. The van der Waals surface area contributed by atoms with Gasteiger partial charge in [0.05, 0.1) is 23.5 Å². The Labute approximate surface area is 175 Å². The van der Waals surface area contributed by atoms with Gasteiger partial charge in [-0.05, 0) is 42.8 Å². The standard InChI is InChI=1S/C19H18F4N2O5S/c1-10(11-3-5-14(13(20)7-11)25-31(2,27)28)24-18(26)17-9-29-16-8-12(19(21,22)23)4-6-15(16)30-17/h3-8,10,17,25H,9H2,1-2H3,(H,24,26)/t10-,17-/m1/s1. The van der Waals surface area contributed by atoms with E-state index in [1.54, 1.807) is 6.92 Å². The highest BCUT2D eigenvalue weighted by molar-refractivity contribution is 7.92. The van der Waals surface area contributed by atoms with Gasteiger partial charge in [0.1, 0.15) is 12.4 Å². The van der Waals surface area contributed by atoms with Crippen LogP contribution in [0.3, 0.4) is 0 Å². The Morgan fingerprint density at radius 3 is 2.48 bits per heavy atom. The van der Waals surface area contributed by atoms with Crippen molar-refractivity contribution >= 4 is 21.6 Å². The van der Waals surface area contributed by atoms with Gasteiger partial charge in [-0.2, -0.15) is 13.2 Å². The molecule has 1 aliphatic heterocycles. The summed E-state index contributed by atoms with van der Waals surface area (Å²) in [6, 6.07) is 5.75. The summed E-state index contributed by atoms with van der Waals surface area (Å²) < 4.78 is 87.7. The van der Waals surface area contributed by atoms with E-state index in [9.17, 15) is 30.8 Å². The number of carbonyl (C=O) groups excluding carboxylic acids is 1. The van der Waals surface area contributed by atoms with E-state index in [0.29, 0.717) is 5.56 Å². The molecule has 3 rings (SSSR count). The molecule has 12 heteroatoms. The molecule has 0 radical (unpaired) electrons. The van der Waals surface area contributed by atoms with Crippen molar-refractivity contribution < 1.29 is 40.2 Å². The summed E-state index contributed by atoms with van der Waals surface area (Å²) in [5.74, 6) is -1.57. The van der Waals surface area contributed by atoms with E-state index in [1.807, 2.05) is 4.72 Å². The molecule has 1 heterocycles. The molecular weight excluding hydrogens is 444 g/mol. The van der Waals surface area contributed by atoms with Gasteiger partial charge >= 0.3 is 6.18 Å². The Balaban J connectivity index is 1.66. The number of rotatable bonds is 5. The lowest BCUT2D eigenvalue weighted by Crippen LogP contribution is -2.44. The van der Waals surface area contributed by atoms with Crippen molar-refractivity contribution in [3.63, 3.8) is 0 Å². The number of ether oxygens (including phenoxy) is 2. The predicted octanol–water partition coefficient (Wildman–Crippen LogP) is 3.23. The molecule has 31 heavy (non-hydrogen) atoms. The highest BCUT2D eigenvalue weighted by Crippen LogP contribution is 2.38. The second kappa shape index (κ2) is 8.25. The van der Waals surface area contributed by atoms with Gasteiger partial charge in [0.15, 0.2) is 11.5 Å². The topological polar surface area (TPSA) is 93.7 Å². The maximum atomic E-state index is 14.2. The molecule has 0 saturated heterocycles. The molecule has 2 aromatic carbocycles. The van der Waals surface area contributed by atoms with E-state index in [2.05, 4.69) is 5.32 Å². The predicted molar refractivity (Wildman–Crippen MR) is 103 cm³/mol. The van der Waals surface area contributed by atoms with Crippen LogP contribution in [-0.4, -0.2) is 33.3 Å². The molecular formula is C19H18F4N2O5S. The molecule has 2 aromatic rings. The molecule has 0 aliphatic carbocycles. The van der Waals surface area contributed by atoms with E-state index in [4.69, 9.17) is 9.47 Å². The summed E-state index contributed by atoms with van der Waals surface area (Å²) in [7, 11) is -3.65. The zero-order chi connectivity index (χ0) is 23.0. The van der Waals surface area contributed by atoms with E-state index >= 15 is 0 Å². The fourth-order valence-electron chi connectivity index (χ4n) is 2.85. The van der Waals surface area contributed by atoms with E-state index in [1.165, 1.54) is 12.1 Å². The van der Waals surface area contributed by atoms with Crippen LogP contribution in [0.4, 0.5) is 23.2 Å². The zero-order valence-electron chi connectivity index (χ0n) is 16.3. The quantitative estimate of drug-likeness (QED) is 0.666. The van der Waals surface area contributed by atoms with Crippen molar-refractivity contribution in [1.29, 1.82) is 0 Å². The van der Waals surface area contributed by atoms with Crippen LogP contribution in [0, 0.1) is 5.82 Å². The fraction of sp³-hybridized carbons (Fsp3) is 0.316. The molecule has 0 bridgehead atoms. The van der Waals surface area contributed by atoms with E-state index < -0.39 is 45.6 Å². The first-order valence-corrected chi connectivity index (χ1v) is 10.8. The molecule has 0 fully saturated rings. The number of sulfonamides is 1. The highest BCUT2D eigenvalue weighted by Gasteiger charge is 2.34. The molecule has 0 saturated carbocycles. The zero-order valence-corrected chi connectivity index (χ0v) is 17.1. The number of benzene rings is 2. The minimum Gasteiger partial charge on any atom is -0.485 e. The molecule has 0 spiro atoms. The second-order valence-corrected chi connectivity index (χ2v) is 8.67. The maximum Gasteiger partial charge on any atom is 0.416 e. The highest BCUT2D eigenvalue weighted by atomic mass is 32.2. The molecule has 2 N–H and O–H groups in total. The summed E-state index contributed by atoms with van der Waals surface area (Å²) >= 11 is 0. The van der Waals surface area contributed by atoms with Gasteiger partial charge in [0.25, 0.3) is 5.91 Å². The Bertz CT molecular complexity index is 1100. The molecule has 168 valence electrons. The summed E-state index contributed by atoms with van der Waals surface area (Å²) in [5, 5.41) is 2.60. The minimum absolute atomic E-state index is 0.00528. The van der Waals surface area contributed by atoms with Crippen LogP contribution in [0.5, 0.6) is 11.5 Å². The maximum absolute atomic E-state index is 14.2. The van der Waals surface area contributed by atoms with Gasteiger partial charge in [-0.25, -0.2) is 12.8 Å². The van der Waals surface area contributed by atoms with Crippen molar-refractivity contribution in [1.82, 2.24) is 5.32 Å². The fourth-order valence-corrected chi connectivity index (χ4v) is 3.41. The Kier molecular flexibility index (Phi) is 6.03. The molecule has 7 nitrogen and oxygen atoms in total. The van der Waals surface area contributed by atoms with Gasteiger partial charge in [0, 0.05) is 0 Å². The Morgan fingerprint density at radius 1 is 1.16 bits per heavy atom. The monoisotopic (exact) mass is 462 g/mol. The van der Waals surface area contributed by atoms with Gasteiger partial charge < -0.3 is 14.8 Å². The minimum atomic E-state index is -4.54. The van der Waals surface area contributed by atoms with Crippen molar-refractivity contribution in [2.75, 3.05) is 17.6 Å². The number of alkyl halides is 3. The van der Waals surface area contributed by atoms with Crippen molar-refractivity contribution in [2.45, 2.75) is 25.2 Å². The summed E-state index contributed by atoms with van der Waals surface area (Å²) in [6.45, 7) is 1.27. The normalized spacial score (nSPS) is 17.0. The summed E-state index contributed by atoms with van der Waals surface area (Å²) in [5.41, 5.74) is -0.775. The first kappa shape index (κ1) is 22.7. The first-order chi connectivity index (χ1) is 14.3. The van der Waals surface area contributed by atoms with Crippen molar-refractivity contribution in [2.24, 2.45) is 0 Å². The molecule has 1 aliphatic rings. The molecule has 0 aromatic heterocycles. The number of amides is 1. The first-order valence-electron chi connectivity index (χ1n) is 8.92. The van der Waals surface area contributed by atoms with Crippen LogP contribution in [0.15, 0.2) is 36.4 Å². The average molecular weight is 462 g/mol. The Morgan fingerprint density at radius 2 is 1.87 bits per heavy atom. The number of halogens is 4. The summed E-state index contributed by atoms with van der Waals surface area (Å²) in [6.07, 6.45) is -4.77. The molecule has 0 unspecified atom stereocenters. The number of fused-ring (bicyclic) bond motifs is 1. The average Bonchev–Trinajstić information content (AvgIpc) is 2.66. The SMILES string of the molecule is C[C@@H](NC(=O)[C@H]1COc2cc(C(F)(F)F)ccc2O1)c1ccc(NS(C)(=O)=O)c(F)c1. The van der Waals surface area contributed by atoms with Crippen LogP contribution in [0.25, 0.3) is 0 Å². The lowest BCUT2D eigenvalue weighted by atomic mass is 10.1. The number of carbonyl (C=O) groups is 1. The molecule has 2 atom stereocenters.